The zero-order valence-electron chi connectivity index (χ0n) is 15.2. The SMILES string of the molecule is Cc1cn2cc(Oc3n[nH]c4cc(N5CCNCC5)cc(Cl)c34)cc(F)c2n1. The zero-order valence-corrected chi connectivity index (χ0v) is 15.9. The van der Waals surface area contributed by atoms with Gasteiger partial charge >= 0.3 is 0 Å². The van der Waals surface area contributed by atoms with E-state index >= 15 is 0 Å². The summed E-state index contributed by atoms with van der Waals surface area (Å²) in [6.45, 7) is 5.53. The largest absolute Gasteiger partial charge is 0.435 e. The van der Waals surface area contributed by atoms with Crippen LogP contribution < -0.4 is 15.0 Å². The Bertz CT molecular complexity index is 1180. The number of rotatable bonds is 3. The van der Waals surface area contributed by atoms with Crippen molar-refractivity contribution in [2.24, 2.45) is 0 Å². The highest BCUT2D eigenvalue weighted by Crippen LogP contribution is 2.36. The van der Waals surface area contributed by atoms with Crippen LogP contribution in [0.3, 0.4) is 0 Å². The fraction of sp³-hybridized carbons (Fsp3) is 0.263. The highest BCUT2D eigenvalue weighted by Gasteiger charge is 2.18. The van der Waals surface area contributed by atoms with E-state index in [-0.39, 0.29) is 5.65 Å². The minimum absolute atomic E-state index is 0.260. The Kier molecular flexibility index (Phi) is 4.10. The lowest BCUT2D eigenvalue weighted by Crippen LogP contribution is -2.43. The molecule has 4 aromatic rings. The topological polar surface area (TPSA) is 70.5 Å². The summed E-state index contributed by atoms with van der Waals surface area (Å²) in [5.74, 6) is 0.165. The van der Waals surface area contributed by atoms with E-state index in [2.05, 4.69) is 25.4 Å². The van der Waals surface area contributed by atoms with Gasteiger partial charge in [0.15, 0.2) is 11.5 Å². The molecule has 0 aliphatic carbocycles. The van der Waals surface area contributed by atoms with Crippen LogP contribution in [0.25, 0.3) is 16.6 Å². The number of halogens is 2. The van der Waals surface area contributed by atoms with Crippen molar-refractivity contribution in [2.75, 3.05) is 31.1 Å². The number of aromatic nitrogens is 4. The number of hydrogen-bond donors (Lipinski definition) is 2. The van der Waals surface area contributed by atoms with Crippen LogP contribution in [0, 0.1) is 12.7 Å². The number of hydrogen-bond acceptors (Lipinski definition) is 5. The van der Waals surface area contributed by atoms with E-state index in [9.17, 15) is 4.39 Å². The third kappa shape index (κ3) is 2.94. The molecule has 1 aliphatic heterocycles. The molecule has 144 valence electrons. The second kappa shape index (κ2) is 6.65. The minimum Gasteiger partial charge on any atom is -0.435 e. The van der Waals surface area contributed by atoms with Crippen LogP contribution in [0.2, 0.25) is 5.02 Å². The van der Waals surface area contributed by atoms with Gasteiger partial charge in [-0.15, -0.1) is 5.10 Å². The van der Waals surface area contributed by atoms with Crippen molar-refractivity contribution >= 4 is 33.8 Å². The Labute approximate surface area is 165 Å². The van der Waals surface area contributed by atoms with Crippen LogP contribution in [0.4, 0.5) is 10.1 Å². The number of aromatic amines is 1. The van der Waals surface area contributed by atoms with E-state index in [0.29, 0.717) is 22.0 Å². The van der Waals surface area contributed by atoms with Crippen LogP contribution in [0.1, 0.15) is 5.69 Å². The number of nitrogens with zero attached hydrogens (tertiary/aromatic N) is 4. The summed E-state index contributed by atoms with van der Waals surface area (Å²) < 4.78 is 21.8. The van der Waals surface area contributed by atoms with Crippen molar-refractivity contribution in [3.63, 3.8) is 0 Å². The molecule has 1 fully saturated rings. The quantitative estimate of drug-likeness (QED) is 0.550. The Balaban J connectivity index is 1.51. The molecule has 1 aliphatic rings. The van der Waals surface area contributed by atoms with Gasteiger partial charge < -0.3 is 19.4 Å². The molecule has 0 bridgehead atoms. The molecule has 0 atom stereocenters. The first-order valence-electron chi connectivity index (χ1n) is 9.04. The Hall–Kier alpha value is -2.84. The van der Waals surface area contributed by atoms with Gasteiger partial charge in [0, 0.05) is 44.1 Å². The van der Waals surface area contributed by atoms with Crippen LogP contribution >= 0.6 is 11.6 Å². The van der Waals surface area contributed by atoms with Crippen molar-refractivity contribution in [3.8, 4) is 11.6 Å². The molecule has 1 aromatic carbocycles. The first-order valence-corrected chi connectivity index (χ1v) is 9.42. The molecule has 9 heteroatoms. The lowest BCUT2D eigenvalue weighted by Gasteiger charge is -2.29. The van der Waals surface area contributed by atoms with Gasteiger partial charge in [-0.3, -0.25) is 5.10 Å². The summed E-state index contributed by atoms with van der Waals surface area (Å²) in [6.07, 6.45) is 3.41. The smallest absolute Gasteiger partial charge is 0.247 e. The predicted octanol–water partition coefficient (Wildman–Crippen LogP) is 3.51. The number of benzene rings is 1. The first kappa shape index (κ1) is 17.3. The van der Waals surface area contributed by atoms with Crippen molar-refractivity contribution < 1.29 is 9.13 Å². The van der Waals surface area contributed by atoms with E-state index in [1.807, 2.05) is 19.1 Å². The van der Waals surface area contributed by atoms with Gasteiger partial charge in [-0.1, -0.05) is 11.6 Å². The molecule has 0 amide bonds. The molecule has 2 N–H and O–H groups in total. The molecule has 0 saturated carbocycles. The van der Waals surface area contributed by atoms with Crippen molar-refractivity contribution in [2.45, 2.75) is 6.92 Å². The number of imidazole rings is 1. The Morgan fingerprint density at radius 1 is 1.18 bits per heavy atom. The fourth-order valence-electron chi connectivity index (χ4n) is 3.57. The van der Waals surface area contributed by atoms with Crippen LogP contribution in [-0.2, 0) is 0 Å². The van der Waals surface area contributed by atoms with Crippen LogP contribution in [-0.4, -0.2) is 45.8 Å². The second-order valence-electron chi connectivity index (χ2n) is 6.85. The summed E-state index contributed by atoms with van der Waals surface area (Å²) in [5.41, 5.74) is 2.80. The molecule has 1 saturated heterocycles. The van der Waals surface area contributed by atoms with E-state index in [1.54, 1.807) is 16.8 Å². The Morgan fingerprint density at radius 3 is 2.82 bits per heavy atom. The number of ether oxygens (including phenoxy) is 1. The highest BCUT2D eigenvalue weighted by molar-refractivity contribution is 6.36. The maximum absolute atomic E-state index is 14.3. The van der Waals surface area contributed by atoms with Gasteiger partial charge in [-0.05, 0) is 19.1 Å². The average molecular weight is 401 g/mol. The maximum atomic E-state index is 14.3. The molecule has 4 heterocycles. The number of H-pyrrole nitrogens is 1. The second-order valence-corrected chi connectivity index (χ2v) is 7.26. The summed E-state index contributed by atoms with van der Waals surface area (Å²) in [4.78, 5) is 6.42. The molecule has 5 rings (SSSR count). The number of pyridine rings is 1. The van der Waals surface area contributed by atoms with Gasteiger partial charge in [-0.2, -0.15) is 0 Å². The maximum Gasteiger partial charge on any atom is 0.247 e. The molecule has 0 spiro atoms. The van der Waals surface area contributed by atoms with Gasteiger partial charge in [0.2, 0.25) is 5.88 Å². The number of fused-ring (bicyclic) bond motifs is 2. The first-order chi connectivity index (χ1) is 13.6. The number of piperazine rings is 1. The van der Waals surface area contributed by atoms with E-state index < -0.39 is 5.82 Å². The summed E-state index contributed by atoms with van der Waals surface area (Å²) in [6, 6.07) is 5.22. The summed E-state index contributed by atoms with van der Waals surface area (Å²) >= 11 is 6.55. The predicted molar refractivity (Wildman–Crippen MR) is 106 cm³/mol. The van der Waals surface area contributed by atoms with Crippen LogP contribution in [0.5, 0.6) is 11.6 Å². The minimum atomic E-state index is -0.461. The van der Waals surface area contributed by atoms with E-state index in [1.165, 1.54) is 6.07 Å². The fourth-order valence-corrected chi connectivity index (χ4v) is 3.86. The molecular formula is C19H18ClFN6O. The number of nitrogens with one attached hydrogen (secondary N) is 2. The number of aryl methyl sites for hydroxylation is 1. The molecular weight excluding hydrogens is 383 g/mol. The van der Waals surface area contributed by atoms with Crippen molar-refractivity contribution in [1.29, 1.82) is 0 Å². The van der Waals surface area contributed by atoms with Crippen molar-refractivity contribution in [3.05, 3.63) is 47.1 Å². The molecule has 28 heavy (non-hydrogen) atoms. The molecule has 0 unspecified atom stereocenters. The lowest BCUT2D eigenvalue weighted by atomic mass is 10.2. The van der Waals surface area contributed by atoms with E-state index in [0.717, 1.165) is 43.1 Å². The summed E-state index contributed by atoms with van der Waals surface area (Å²) in [5, 5.41) is 11.8. The third-order valence-electron chi connectivity index (χ3n) is 4.87. The van der Waals surface area contributed by atoms with Crippen molar-refractivity contribution in [1.82, 2.24) is 24.9 Å². The normalized spacial score (nSPS) is 14.9. The standard InChI is InChI=1S/C19H18ClFN6O/c1-11-9-27-10-13(8-15(21)18(27)23-11)28-19-17-14(20)6-12(7-16(17)24-25-19)26-4-2-22-3-5-26/h6-10,22H,2-5H2,1H3,(H,24,25). The Morgan fingerprint density at radius 2 is 2.00 bits per heavy atom. The molecule has 3 aromatic heterocycles. The van der Waals surface area contributed by atoms with Gasteiger partial charge in [0.25, 0.3) is 0 Å². The monoisotopic (exact) mass is 400 g/mol. The molecule has 0 radical (unpaired) electrons. The van der Waals surface area contributed by atoms with E-state index in [4.69, 9.17) is 16.3 Å². The summed E-state index contributed by atoms with van der Waals surface area (Å²) in [7, 11) is 0. The number of anilines is 1. The zero-order chi connectivity index (χ0) is 19.3. The van der Waals surface area contributed by atoms with Gasteiger partial charge in [0.1, 0.15) is 5.75 Å². The third-order valence-corrected chi connectivity index (χ3v) is 5.16. The highest BCUT2D eigenvalue weighted by atomic mass is 35.5. The lowest BCUT2D eigenvalue weighted by molar-refractivity contribution is 0.458. The van der Waals surface area contributed by atoms with Crippen LogP contribution in [0.15, 0.2) is 30.6 Å². The average Bonchev–Trinajstić information content (AvgIpc) is 3.26. The van der Waals surface area contributed by atoms with Gasteiger partial charge in [0.05, 0.1) is 27.8 Å². The van der Waals surface area contributed by atoms with Gasteiger partial charge in [-0.25, -0.2) is 9.37 Å². The molecule has 7 nitrogen and oxygen atoms in total.